The summed E-state index contributed by atoms with van der Waals surface area (Å²) in [6, 6.07) is 0.836. The van der Waals surface area contributed by atoms with Crippen LogP contribution in [0.4, 0.5) is 0 Å². The van der Waals surface area contributed by atoms with Crippen LogP contribution in [0.3, 0.4) is 0 Å². The van der Waals surface area contributed by atoms with Gasteiger partial charge >= 0.3 is 0 Å². The molecule has 0 aliphatic heterocycles. The third-order valence-corrected chi connectivity index (χ3v) is 3.92. The zero-order valence-corrected chi connectivity index (χ0v) is 10.2. The van der Waals surface area contributed by atoms with E-state index in [4.69, 9.17) is 4.74 Å². The van der Waals surface area contributed by atoms with Crippen molar-refractivity contribution in [2.45, 2.75) is 58.1 Å². The summed E-state index contributed by atoms with van der Waals surface area (Å²) in [6.07, 6.45) is 7.46. The lowest BCUT2D eigenvalue weighted by Crippen LogP contribution is -2.34. The maximum atomic E-state index is 5.53. The van der Waals surface area contributed by atoms with Crippen LogP contribution >= 0.6 is 0 Å². The molecule has 2 bridgehead atoms. The molecule has 0 radical (unpaired) electrons. The summed E-state index contributed by atoms with van der Waals surface area (Å²) in [4.78, 5) is 0. The second-order valence-electron chi connectivity index (χ2n) is 5.51. The van der Waals surface area contributed by atoms with Gasteiger partial charge in [-0.2, -0.15) is 0 Å². The Kier molecular flexibility index (Phi) is 4.04. The SMILES string of the molecule is CC(C)OCCCNC1CC2CCC1C2. The first-order chi connectivity index (χ1) is 7.25. The minimum Gasteiger partial charge on any atom is -0.379 e. The summed E-state index contributed by atoms with van der Waals surface area (Å²) in [7, 11) is 0. The molecule has 2 heteroatoms. The summed E-state index contributed by atoms with van der Waals surface area (Å²) >= 11 is 0. The molecule has 2 saturated carbocycles. The lowest BCUT2D eigenvalue weighted by molar-refractivity contribution is 0.0763. The van der Waals surface area contributed by atoms with E-state index >= 15 is 0 Å². The first-order valence-corrected chi connectivity index (χ1v) is 6.60. The average Bonchev–Trinajstić information content (AvgIpc) is 2.78. The van der Waals surface area contributed by atoms with Crippen LogP contribution in [0, 0.1) is 11.8 Å². The minimum absolute atomic E-state index is 0.382. The molecule has 88 valence electrons. The second-order valence-corrected chi connectivity index (χ2v) is 5.51. The molecule has 3 unspecified atom stereocenters. The van der Waals surface area contributed by atoms with Crippen molar-refractivity contribution < 1.29 is 4.74 Å². The van der Waals surface area contributed by atoms with Gasteiger partial charge in [0, 0.05) is 12.6 Å². The highest BCUT2D eigenvalue weighted by molar-refractivity contribution is 4.93. The molecule has 0 heterocycles. The fourth-order valence-electron chi connectivity index (χ4n) is 3.17. The number of hydrogen-bond acceptors (Lipinski definition) is 2. The van der Waals surface area contributed by atoms with Crippen LogP contribution < -0.4 is 5.32 Å². The van der Waals surface area contributed by atoms with Gasteiger partial charge in [-0.05, 0) is 57.9 Å². The minimum atomic E-state index is 0.382. The molecule has 3 atom stereocenters. The molecular weight excluding hydrogens is 186 g/mol. The van der Waals surface area contributed by atoms with Crippen LogP contribution in [0.1, 0.15) is 46.0 Å². The summed E-state index contributed by atoms with van der Waals surface area (Å²) < 4.78 is 5.53. The predicted molar refractivity (Wildman–Crippen MR) is 62.9 cm³/mol. The van der Waals surface area contributed by atoms with Gasteiger partial charge in [-0.25, -0.2) is 0 Å². The van der Waals surface area contributed by atoms with E-state index in [-0.39, 0.29) is 0 Å². The van der Waals surface area contributed by atoms with Gasteiger partial charge in [0.25, 0.3) is 0 Å². The van der Waals surface area contributed by atoms with Crippen LogP contribution in [0.5, 0.6) is 0 Å². The molecule has 2 aliphatic carbocycles. The Hall–Kier alpha value is -0.0800. The van der Waals surface area contributed by atoms with E-state index in [9.17, 15) is 0 Å². The van der Waals surface area contributed by atoms with Crippen molar-refractivity contribution in [3.8, 4) is 0 Å². The van der Waals surface area contributed by atoms with Crippen LogP contribution in [0.25, 0.3) is 0 Å². The maximum absolute atomic E-state index is 5.53. The molecule has 2 rings (SSSR count). The molecule has 2 nitrogen and oxygen atoms in total. The quantitative estimate of drug-likeness (QED) is 0.682. The molecule has 0 spiro atoms. The highest BCUT2D eigenvalue weighted by atomic mass is 16.5. The molecule has 2 aliphatic rings. The predicted octanol–water partition coefficient (Wildman–Crippen LogP) is 2.58. The third kappa shape index (κ3) is 3.18. The van der Waals surface area contributed by atoms with Crippen molar-refractivity contribution in [2.24, 2.45) is 11.8 Å². The van der Waals surface area contributed by atoms with E-state index in [1.54, 1.807) is 0 Å². The van der Waals surface area contributed by atoms with Crippen molar-refractivity contribution in [3.63, 3.8) is 0 Å². The summed E-state index contributed by atoms with van der Waals surface area (Å²) in [5, 5.41) is 3.71. The Labute approximate surface area is 93.8 Å². The Morgan fingerprint density at radius 2 is 2.13 bits per heavy atom. The first kappa shape index (κ1) is 11.4. The normalized spacial score (nSPS) is 34.2. The van der Waals surface area contributed by atoms with Gasteiger partial charge in [0.05, 0.1) is 6.10 Å². The summed E-state index contributed by atoms with van der Waals surface area (Å²) in [5.74, 6) is 2.06. The molecule has 2 fully saturated rings. The highest BCUT2D eigenvalue weighted by Gasteiger charge is 2.38. The number of hydrogen-bond donors (Lipinski definition) is 1. The lowest BCUT2D eigenvalue weighted by Gasteiger charge is -2.23. The number of rotatable bonds is 6. The van der Waals surface area contributed by atoms with Crippen LogP contribution in [-0.2, 0) is 4.74 Å². The van der Waals surface area contributed by atoms with E-state index < -0.39 is 0 Å². The Morgan fingerprint density at radius 3 is 2.73 bits per heavy atom. The molecule has 0 aromatic carbocycles. The fourth-order valence-corrected chi connectivity index (χ4v) is 3.17. The largest absolute Gasteiger partial charge is 0.379 e. The van der Waals surface area contributed by atoms with Crippen LogP contribution in [-0.4, -0.2) is 25.3 Å². The number of nitrogens with one attached hydrogen (secondary N) is 1. The van der Waals surface area contributed by atoms with Crippen molar-refractivity contribution in [3.05, 3.63) is 0 Å². The van der Waals surface area contributed by atoms with Crippen molar-refractivity contribution in [1.29, 1.82) is 0 Å². The Bertz CT molecular complexity index is 193. The lowest BCUT2D eigenvalue weighted by atomic mass is 9.95. The summed E-state index contributed by atoms with van der Waals surface area (Å²) in [6.45, 7) is 6.25. The van der Waals surface area contributed by atoms with E-state index in [0.717, 1.165) is 37.5 Å². The first-order valence-electron chi connectivity index (χ1n) is 6.60. The molecule has 0 aromatic heterocycles. The summed E-state index contributed by atoms with van der Waals surface area (Å²) in [5.41, 5.74) is 0. The van der Waals surface area contributed by atoms with Crippen molar-refractivity contribution in [1.82, 2.24) is 5.32 Å². The van der Waals surface area contributed by atoms with Gasteiger partial charge in [-0.3, -0.25) is 0 Å². The van der Waals surface area contributed by atoms with E-state index in [1.807, 2.05) is 0 Å². The number of ether oxygens (including phenoxy) is 1. The molecule has 1 N–H and O–H groups in total. The van der Waals surface area contributed by atoms with Crippen molar-refractivity contribution in [2.75, 3.05) is 13.2 Å². The number of fused-ring (bicyclic) bond motifs is 2. The fraction of sp³-hybridized carbons (Fsp3) is 1.00. The topological polar surface area (TPSA) is 21.3 Å². The molecule has 0 saturated heterocycles. The Balaban J connectivity index is 1.51. The highest BCUT2D eigenvalue weighted by Crippen LogP contribution is 2.44. The molecular formula is C13H25NO. The van der Waals surface area contributed by atoms with Crippen LogP contribution in [0.15, 0.2) is 0 Å². The monoisotopic (exact) mass is 211 g/mol. The smallest absolute Gasteiger partial charge is 0.0518 e. The third-order valence-electron chi connectivity index (χ3n) is 3.92. The van der Waals surface area contributed by atoms with Gasteiger partial charge in [-0.1, -0.05) is 6.42 Å². The zero-order chi connectivity index (χ0) is 10.7. The maximum Gasteiger partial charge on any atom is 0.0518 e. The Morgan fingerprint density at radius 1 is 1.27 bits per heavy atom. The zero-order valence-electron chi connectivity index (χ0n) is 10.2. The van der Waals surface area contributed by atoms with Gasteiger partial charge < -0.3 is 10.1 Å². The molecule has 0 aromatic rings. The van der Waals surface area contributed by atoms with Gasteiger partial charge in [-0.15, -0.1) is 0 Å². The average molecular weight is 211 g/mol. The standard InChI is InChI=1S/C13H25NO/c1-10(2)15-7-3-6-14-13-9-11-4-5-12(13)8-11/h10-14H,3-9H2,1-2H3. The van der Waals surface area contributed by atoms with E-state index in [0.29, 0.717) is 6.10 Å². The van der Waals surface area contributed by atoms with Gasteiger partial charge in [0.2, 0.25) is 0 Å². The molecule has 15 heavy (non-hydrogen) atoms. The van der Waals surface area contributed by atoms with Crippen LogP contribution in [0.2, 0.25) is 0 Å². The van der Waals surface area contributed by atoms with E-state index in [1.165, 1.54) is 25.7 Å². The second kappa shape index (κ2) is 5.31. The molecule has 0 amide bonds. The van der Waals surface area contributed by atoms with Crippen molar-refractivity contribution >= 4 is 0 Å². The van der Waals surface area contributed by atoms with Gasteiger partial charge in [0.1, 0.15) is 0 Å². The van der Waals surface area contributed by atoms with Gasteiger partial charge in [0.15, 0.2) is 0 Å². The van der Waals surface area contributed by atoms with E-state index in [2.05, 4.69) is 19.2 Å².